The number of hydrogen-bond donors (Lipinski definition) is 1. The van der Waals surface area contributed by atoms with E-state index >= 15 is 0 Å². The molecule has 1 aromatic carbocycles. The average molecular weight is 223 g/mol. The third-order valence-electron chi connectivity index (χ3n) is 2.19. The molecule has 0 aliphatic carbocycles. The summed E-state index contributed by atoms with van der Waals surface area (Å²) in [7, 11) is 1.30. The molecule has 0 aliphatic rings. The number of carbonyl (C=O) groups excluding carboxylic acids is 1. The van der Waals surface area contributed by atoms with Crippen LogP contribution in [0.25, 0.3) is 0 Å². The molecule has 0 bridgehead atoms. The summed E-state index contributed by atoms with van der Waals surface area (Å²) >= 11 is 0. The van der Waals surface area contributed by atoms with Crippen molar-refractivity contribution in [2.24, 2.45) is 0 Å². The number of nitrogens with one attached hydrogen (secondary N) is 1. The lowest BCUT2D eigenvalue weighted by atomic mass is 10.2. The molecule has 6 heteroatoms. The third kappa shape index (κ3) is 2.94. The maximum Gasteiger partial charge on any atom is 0.253 e. The van der Waals surface area contributed by atoms with Gasteiger partial charge in [-0.2, -0.15) is 0 Å². The normalized spacial score (nSPS) is 11.6. The van der Waals surface area contributed by atoms with Crippen molar-refractivity contribution in [2.75, 3.05) is 7.05 Å². The van der Waals surface area contributed by atoms with E-state index in [1.807, 2.05) is 0 Å². The molecule has 6 nitrogen and oxygen atoms in total. The highest BCUT2D eigenvalue weighted by molar-refractivity contribution is 5.94. The molecule has 0 radical (unpaired) electrons. The van der Waals surface area contributed by atoms with Crippen LogP contribution >= 0.6 is 0 Å². The van der Waals surface area contributed by atoms with E-state index in [-0.39, 0.29) is 5.91 Å². The van der Waals surface area contributed by atoms with Crippen LogP contribution in [-0.4, -0.2) is 29.2 Å². The van der Waals surface area contributed by atoms with E-state index in [0.717, 1.165) is 5.01 Å². The Kier molecular flexibility index (Phi) is 3.82. The fourth-order valence-corrected chi connectivity index (χ4v) is 1.10. The van der Waals surface area contributed by atoms with Crippen LogP contribution in [0.1, 0.15) is 17.3 Å². The van der Waals surface area contributed by atoms with Crippen molar-refractivity contribution in [3.8, 4) is 0 Å². The average Bonchev–Trinajstić information content (AvgIpc) is 2.28. The van der Waals surface area contributed by atoms with Gasteiger partial charge in [0, 0.05) is 5.56 Å². The number of benzene rings is 1. The predicted molar refractivity (Wildman–Crippen MR) is 58.1 cm³/mol. The standard InChI is InChI=1S/C10H13N3O3/c1-8(12(2)13(15)16)11-10(14)9-6-4-3-5-7-9/h3-8H,1-2H3,(H,11,14)/t8-/m0/s1. The summed E-state index contributed by atoms with van der Waals surface area (Å²) in [5.41, 5.74) is 0.478. The molecular formula is C10H13N3O3. The first-order chi connectivity index (χ1) is 7.52. The zero-order valence-electron chi connectivity index (χ0n) is 9.08. The van der Waals surface area contributed by atoms with Gasteiger partial charge < -0.3 is 5.32 Å². The minimum absolute atomic E-state index is 0.332. The number of hydrazine groups is 1. The Morgan fingerprint density at radius 1 is 1.44 bits per heavy atom. The molecule has 1 atom stereocenters. The first kappa shape index (κ1) is 12.0. The molecule has 0 saturated heterocycles. The zero-order valence-corrected chi connectivity index (χ0v) is 9.08. The van der Waals surface area contributed by atoms with Gasteiger partial charge in [0.05, 0.1) is 7.05 Å². The van der Waals surface area contributed by atoms with Crippen molar-refractivity contribution in [1.29, 1.82) is 0 Å². The molecule has 1 aromatic rings. The zero-order chi connectivity index (χ0) is 12.1. The van der Waals surface area contributed by atoms with Gasteiger partial charge >= 0.3 is 0 Å². The Labute approximate surface area is 93.0 Å². The second-order valence-corrected chi connectivity index (χ2v) is 3.33. The van der Waals surface area contributed by atoms with Gasteiger partial charge in [0.15, 0.2) is 11.2 Å². The lowest BCUT2D eigenvalue weighted by Gasteiger charge is -2.18. The van der Waals surface area contributed by atoms with Gasteiger partial charge in [-0.1, -0.05) is 18.2 Å². The number of nitro groups is 1. The van der Waals surface area contributed by atoms with Crippen molar-refractivity contribution in [3.63, 3.8) is 0 Å². The van der Waals surface area contributed by atoms with Crippen molar-refractivity contribution in [3.05, 3.63) is 46.0 Å². The predicted octanol–water partition coefficient (Wildman–Crippen LogP) is 0.886. The van der Waals surface area contributed by atoms with E-state index in [1.165, 1.54) is 7.05 Å². The van der Waals surface area contributed by atoms with Gasteiger partial charge in [0.25, 0.3) is 5.91 Å². The topological polar surface area (TPSA) is 75.5 Å². The highest BCUT2D eigenvalue weighted by Gasteiger charge is 2.19. The lowest BCUT2D eigenvalue weighted by Crippen LogP contribution is -2.46. The van der Waals surface area contributed by atoms with Crippen molar-refractivity contribution in [2.45, 2.75) is 13.1 Å². The van der Waals surface area contributed by atoms with E-state index < -0.39 is 11.2 Å². The summed E-state index contributed by atoms with van der Waals surface area (Å²) in [6.07, 6.45) is -0.664. The minimum atomic E-state index is -0.664. The highest BCUT2D eigenvalue weighted by atomic mass is 16.7. The largest absolute Gasteiger partial charge is 0.327 e. The molecule has 1 amide bonds. The first-order valence-electron chi connectivity index (χ1n) is 4.75. The molecule has 0 aromatic heterocycles. The van der Waals surface area contributed by atoms with Crippen LogP contribution in [0.15, 0.2) is 30.3 Å². The molecule has 0 unspecified atom stereocenters. The fraction of sp³-hybridized carbons (Fsp3) is 0.300. The summed E-state index contributed by atoms with van der Waals surface area (Å²) in [5, 5.41) is 13.2. The molecule has 0 heterocycles. The van der Waals surface area contributed by atoms with Crippen LogP contribution in [0.4, 0.5) is 0 Å². The number of carbonyl (C=O) groups is 1. The molecule has 0 fully saturated rings. The molecule has 1 N–H and O–H groups in total. The lowest BCUT2D eigenvalue weighted by molar-refractivity contribution is -0.657. The van der Waals surface area contributed by atoms with E-state index in [1.54, 1.807) is 37.3 Å². The number of rotatable bonds is 4. The van der Waals surface area contributed by atoms with Crippen LogP contribution in [-0.2, 0) is 0 Å². The van der Waals surface area contributed by atoms with E-state index in [2.05, 4.69) is 5.32 Å². The van der Waals surface area contributed by atoms with Gasteiger partial charge in [0.1, 0.15) is 0 Å². The molecular weight excluding hydrogens is 210 g/mol. The summed E-state index contributed by atoms with van der Waals surface area (Å²) in [6.45, 7) is 1.55. The number of nitrogens with zero attached hydrogens (tertiary/aromatic N) is 2. The molecule has 86 valence electrons. The quantitative estimate of drug-likeness (QED) is 0.467. The van der Waals surface area contributed by atoms with Gasteiger partial charge in [-0.15, -0.1) is 5.01 Å². The van der Waals surface area contributed by atoms with Crippen LogP contribution in [0.2, 0.25) is 0 Å². The second kappa shape index (κ2) is 5.11. The van der Waals surface area contributed by atoms with Gasteiger partial charge in [-0.05, 0) is 19.1 Å². The first-order valence-corrected chi connectivity index (χ1v) is 4.75. The summed E-state index contributed by atoms with van der Waals surface area (Å²) in [4.78, 5) is 22.1. The summed E-state index contributed by atoms with van der Waals surface area (Å²) in [5.74, 6) is -0.332. The third-order valence-corrected chi connectivity index (χ3v) is 2.19. The van der Waals surface area contributed by atoms with Crippen molar-refractivity contribution in [1.82, 2.24) is 10.3 Å². The molecule has 0 spiro atoms. The highest BCUT2D eigenvalue weighted by Crippen LogP contribution is 2.00. The maximum atomic E-state index is 11.6. The molecule has 0 saturated carbocycles. The Balaban J connectivity index is 2.62. The van der Waals surface area contributed by atoms with Crippen LogP contribution in [0.5, 0.6) is 0 Å². The molecule has 1 rings (SSSR count). The summed E-state index contributed by atoms with van der Waals surface area (Å²) in [6, 6.07) is 8.55. The SMILES string of the molecule is C[C@@H](NC(=O)c1ccccc1)N(C)[N+](=O)[O-]. The minimum Gasteiger partial charge on any atom is -0.327 e. The van der Waals surface area contributed by atoms with Gasteiger partial charge in [-0.3, -0.25) is 4.79 Å². The van der Waals surface area contributed by atoms with Crippen LogP contribution < -0.4 is 5.32 Å². The Morgan fingerprint density at radius 2 is 2.00 bits per heavy atom. The van der Waals surface area contributed by atoms with Crippen molar-refractivity contribution < 1.29 is 9.83 Å². The Bertz CT molecular complexity index is 380. The Hall–Kier alpha value is -2.11. The van der Waals surface area contributed by atoms with Crippen LogP contribution in [0.3, 0.4) is 0 Å². The van der Waals surface area contributed by atoms with Crippen molar-refractivity contribution >= 4 is 5.91 Å². The number of hydrogen-bond acceptors (Lipinski definition) is 3. The van der Waals surface area contributed by atoms with E-state index in [4.69, 9.17) is 0 Å². The van der Waals surface area contributed by atoms with Gasteiger partial charge in [0.2, 0.25) is 0 Å². The second-order valence-electron chi connectivity index (χ2n) is 3.33. The van der Waals surface area contributed by atoms with Crippen LogP contribution in [0, 0.1) is 10.1 Å². The van der Waals surface area contributed by atoms with Gasteiger partial charge in [-0.25, -0.2) is 10.1 Å². The number of amides is 1. The fourth-order valence-electron chi connectivity index (χ4n) is 1.10. The monoisotopic (exact) mass is 223 g/mol. The Morgan fingerprint density at radius 3 is 2.50 bits per heavy atom. The maximum absolute atomic E-state index is 11.6. The summed E-state index contributed by atoms with van der Waals surface area (Å²) < 4.78 is 0. The molecule has 0 aliphatic heterocycles. The smallest absolute Gasteiger partial charge is 0.253 e. The van der Waals surface area contributed by atoms with E-state index in [9.17, 15) is 14.9 Å². The molecule has 16 heavy (non-hydrogen) atoms. The van der Waals surface area contributed by atoms with E-state index in [0.29, 0.717) is 5.56 Å².